The van der Waals surface area contributed by atoms with Crippen LogP contribution in [0.25, 0.3) is 11.1 Å². The van der Waals surface area contributed by atoms with Gasteiger partial charge in [-0.1, -0.05) is 54.5 Å². The fourth-order valence-electron chi connectivity index (χ4n) is 3.67. The van der Waals surface area contributed by atoms with Crippen molar-refractivity contribution in [3.63, 3.8) is 0 Å². The van der Waals surface area contributed by atoms with E-state index in [1.165, 1.54) is 22.3 Å². The largest absolute Gasteiger partial charge is 0.449 e. The number of carbonyl (C=O) groups excluding carboxylic acids is 1. The van der Waals surface area contributed by atoms with Gasteiger partial charge in [-0.3, -0.25) is 0 Å². The number of benzene rings is 2. The molecule has 2 aliphatic rings. The van der Waals surface area contributed by atoms with E-state index in [2.05, 4.69) is 35.5 Å². The third-order valence-corrected chi connectivity index (χ3v) is 5.03. The van der Waals surface area contributed by atoms with Crippen LogP contribution in [-0.4, -0.2) is 44.7 Å². The summed E-state index contributed by atoms with van der Waals surface area (Å²) in [5, 5.41) is 2.75. The van der Waals surface area contributed by atoms with Crippen molar-refractivity contribution in [1.29, 1.82) is 0 Å². The molecule has 2 aromatic rings. The Balaban J connectivity index is 1.47. The van der Waals surface area contributed by atoms with Gasteiger partial charge in [-0.05, 0) is 22.3 Å². The van der Waals surface area contributed by atoms with E-state index in [4.69, 9.17) is 20.6 Å². The number of nitrogens with one attached hydrogen (secondary N) is 1. The molecule has 2 aromatic carbocycles. The lowest BCUT2D eigenvalue weighted by atomic mass is 9.98. The summed E-state index contributed by atoms with van der Waals surface area (Å²) < 4.78 is 16.4. The molecular formula is C22H21NO4. The number of hydrogen-bond acceptors (Lipinski definition) is 4. The highest BCUT2D eigenvalue weighted by Crippen LogP contribution is 2.44. The lowest BCUT2D eigenvalue weighted by molar-refractivity contribution is 0.0968. The van der Waals surface area contributed by atoms with E-state index in [-0.39, 0.29) is 25.7 Å². The number of alkyl carbamates (subject to hydrolysis) is 1. The second-order valence-corrected chi connectivity index (χ2v) is 6.78. The Morgan fingerprint density at radius 1 is 1.07 bits per heavy atom. The molecule has 0 atom stereocenters. The lowest BCUT2D eigenvalue weighted by Gasteiger charge is -2.26. The molecule has 1 saturated heterocycles. The summed E-state index contributed by atoms with van der Waals surface area (Å²) in [7, 11) is 0. The molecule has 1 aliphatic carbocycles. The minimum Gasteiger partial charge on any atom is -0.449 e. The van der Waals surface area contributed by atoms with E-state index in [1.54, 1.807) is 0 Å². The number of hydrogen-bond donors (Lipinski definition) is 1. The molecule has 1 amide bonds. The molecule has 5 heteroatoms. The van der Waals surface area contributed by atoms with Crippen LogP contribution in [-0.2, 0) is 14.2 Å². The van der Waals surface area contributed by atoms with E-state index in [9.17, 15) is 4.79 Å². The van der Waals surface area contributed by atoms with Crippen molar-refractivity contribution in [1.82, 2.24) is 5.32 Å². The smallest absolute Gasteiger partial charge is 0.408 e. The summed E-state index contributed by atoms with van der Waals surface area (Å²) in [5.41, 5.74) is 3.71. The molecule has 0 bridgehead atoms. The molecule has 4 rings (SSSR count). The molecule has 27 heavy (non-hydrogen) atoms. The Morgan fingerprint density at radius 2 is 1.63 bits per heavy atom. The monoisotopic (exact) mass is 363 g/mol. The van der Waals surface area contributed by atoms with Gasteiger partial charge >= 0.3 is 6.09 Å². The van der Waals surface area contributed by atoms with Crippen LogP contribution in [0, 0.1) is 12.3 Å². The predicted octanol–water partition coefficient (Wildman–Crippen LogP) is 2.94. The van der Waals surface area contributed by atoms with E-state index in [0.717, 1.165) is 0 Å². The van der Waals surface area contributed by atoms with Gasteiger partial charge in [0.1, 0.15) is 6.61 Å². The van der Waals surface area contributed by atoms with Crippen molar-refractivity contribution in [2.45, 2.75) is 11.5 Å². The first-order chi connectivity index (χ1) is 13.2. The van der Waals surface area contributed by atoms with Crippen molar-refractivity contribution in [2.75, 3.05) is 33.0 Å². The van der Waals surface area contributed by atoms with Gasteiger partial charge in [-0.2, -0.15) is 0 Å². The Kier molecular flexibility index (Phi) is 4.85. The summed E-state index contributed by atoms with van der Waals surface area (Å²) >= 11 is 0. The third kappa shape index (κ3) is 3.42. The van der Waals surface area contributed by atoms with Crippen LogP contribution < -0.4 is 5.32 Å². The Morgan fingerprint density at radius 3 is 2.19 bits per heavy atom. The molecule has 0 saturated carbocycles. The van der Waals surface area contributed by atoms with E-state index in [1.807, 2.05) is 24.3 Å². The van der Waals surface area contributed by atoms with Gasteiger partial charge in [0.25, 0.3) is 0 Å². The van der Waals surface area contributed by atoms with Crippen LogP contribution in [0.5, 0.6) is 0 Å². The summed E-state index contributed by atoms with van der Waals surface area (Å²) in [6.45, 7) is 1.55. The molecule has 138 valence electrons. The fraction of sp³-hybridized carbons (Fsp3) is 0.318. The van der Waals surface area contributed by atoms with Crippen molar-refractivity contribution >= 4 is 6.09 Å². The normalized spacial score (nSPS) is 17.9. The highest BCUT2D eigenvalue weighted by molar-refractivity contribution is 5.79. The minimum atomic E-state index is -1.00. The second kappa shape index (κ2) is 7.43. The number of ether oxygens (including phenoxy) is 3. The van der Waals surface area contributed by atoms with Crippen LogP contribution in [0.15, 0.2) is 48.5 Å². The molecule has 1 fully saturated rings. The average Bonchev–Trinajstić information content (AvgIpc) is 2.84. The molecule has 0 radical (unpaired) electrons. The van der Waals surface area contributed by atoms with Crippen molar-refractivity contribution in [2.24, 2.45) is 0 Å². The molecule has 0 spiro atoms. The Labute approximate surface area is 158 Å². The molecule has 0 aromatic heterocycles. The van der Waals surface area contributed by atoms with Crippen molar-refractivity contribution < 1.29 is 19.0 Å². The summed E-state index contributed by atoms with van der Waals surface area (Å²) in [5.74, 6) is 2.59. The van der Waals surface area contributed by atoms with Gasteiger partial charge < -0.3 is 19.5 Å². The minimum absolute atomic E-state index is 0.00608. The van der Waals surface area contributed by atoms with Crippen LogP contribution in [0.1, 0.15) is 17.0 Å². The van der Waals surface area contributed by atoms with Gasteiger partial charge in [0, 0.05) is 5.92 Å². The van der Waals surface area contributed by atoms with Crippen LogP contribution in [0.2, 0.25) is 0 Å². The number of fused-ring (bicyclic) bond motifs is 3. The second-order valence-electron chi connectivity index (χ2n) is 6.78. The van der Waals surface area contributed by atoms with Crippen LogP contribution in [0.4, 0.5) is 4.79 Å². The van der Waals surface area contributed by atoms with Gasteiger partial charge in [-0.25, -0.2) is 4.79 Å². The topological polar surface area (TPSA) is 56.8 Å². The Hall–Kier alpha value is -2.81. The highest BCUT2D eigenvalue weighted by Gasteiger charge is 2.34. The first kappa shape index (κ1) is 17.6. The molecule has 1 aliphatic heterocycles. The average molecular weight is 363 g/mol. The number of amides is 1. The molecule has 5 nitrogen and oxygen atoms in total. The zero-order valence-corrected chi connectivity index (χ0v) is 14.9. The summed E-state index contributed by atoms with van der Waals surface area (Å²) in [6.07, 6.45) is 5.05. The van der Waals surface area contributed by atoms with Gasteiger partial charge in [0.05, 0.1) is 26.4 Å². The van der Waals surface area contributed by atoms with Gasteiger partial charge in [-0.15, -0.1) is 6.42 Å². The first-order valence-electron chi connectivity index (χ1n) is 8.99. The summed E-state index contributed by atoms with van der Waals surface area (Å²) in [4.78, 5) is 12.4. The maximum absolute atomic E-state index is 12.4. The van der Waals surface area contributed by atoms with Gasteiger partial charge in [0.2, 0.25) is 0 Å². The number of terminal acetylenes is 1. The van der Waals surface area contributed by atoms with E-state index >= 15 is 0 Å². The van der Waals surface area contributed by atoms with Gasteiger partial charge in [0.15, 0.2) is 5.54 Å². The third-order valence-electron chi connectivity index (χ3n) is 5.03. The quantitative estimate of drug-likeness (QED) is 0.852. The number of rotatable bonds is 3. The standard InChI is InChI=1S/C22H21NO4/c1-2-22(14-25-11-12-26-15-22)23-21(24)27-13-20-18-9-5-3-7-16(18)17-8-4-6-10-19(17)20/h1,3-10,20H,11-15H2,(H,23,24). The lowest BCUT2D eigenvalue weighted by Crippen LogP contribution is -2.53. The highest BCUT2D eigenvalue weighted by atomic mass is 16.6. The van der Waals surface area contributed by atoms with Crippen molar-refractivity contribution in [3.8, 4) is 23.5 Å². The van der Waals surface area contributed by atoms with Crippen molar-refractivity contribution in [3.05, 3.63) is 59.7 Å². The SMILES string of the molecule is C#CC1(NC(=O)OCC2c3ccccc3-c3ccccc32)COCCOC1. The predicted molar refractivity (Wildman–Crippen MR) is 101 cm³/mol. The number of carbonyl (C=O) groups is 1. The molecule has 1 heterocycles. The molecular weight excluding hydrogens is 342 g/mol. The van der Waals surface area contributed by atoms with E-state index < -0.39 is 11.6 Å². The fourth-order valence-corrected chi connectivity index (χ4v) is 3.67. The maximum Gasteiger partial charge on any atom is 0.408 e. The van der Waals surface area contributed by atoms with Crippen LogP contribution >= 0.6 is 0 Å². The summed E-state index contributed by atoms with van der Waals surface area (Å²) in [6, 6.07) is 16.4. The zero-order chi connectivity index (χ0) is 18.7. The first-order valence-corrected chi connectivity index (χ1v) is 8.99. The Bertz CT molecular complexity index is 832. The maximum atomic E-state index is 12.4. The molecule has 0 unspecified atom stereocenters. The van der Waals surface area contributed by atoms with E-state index in [0.29, 0.717) is 13.2 Å². The zero-order valence-electron chi connectivity index (χ0n) is 14.9. The molecule has 1 N–H and O–H groups in total. The van der Waals surface area contributed by atoms with Crippen LogP contribution in [0.3, 0.4) is 0 Å².